The standard InChI is InChI=1S/C16H18FNO3/c1-16(2,11-5-7-12(17)8-6-11)15(20)18-13(10-19)14-4-3-9-21-14/h3-9,13,19H,10H2,1-2H3,(H,18,20). The fourth-order valence-corrected chi connectivity index (χ4v) is 2.03. The van der Waals surface area contributed by atoms with E-state index in [-0.39, 0.29) is 18.3 Å². The molecule has 0 aliphatic heterocycles. The van der Waals surface area contributed by atoms with Crippen LogP contribution in [0.4, 0.5) is 4.39 Å². The van der Waals surface area contributed by atoms with Gasteiger partial charge in [-0.25, -0.2) is 4.39 Å². The van der Waals surface area contributed by atoms with Gasteiger partial charge in [0.1, 0.15) is 17.6 Å². The molecule has 0 spiro atoms. The van der Waals surface area contributed by atoms with Crippen molar-refractivity contribution in [3.63, 3.8) is 0 Å². The molecule has 2 N–H and O–H groups in total. The van der Waals surface area contributed by atoms with Crippen LogP contribution in [0.5, 0.6) is 0 Å². The van der Waals surface area contributed by atoms with Gasteiger partial charge in [0.2, 0.25) is 5.91 Å². The molecule has 2 rings (SSSR count). The number of benzene rings is 1. The molecule has 1 amide bonds. The summed E-state index contributed by atoms with van der Waals surface area (Å²) in [7, 11) is 0. The van der Waals surface area contributed by atoms with Crippen LogP contribution in [0.25, 0.3) is 0 Å². The summed E-state index contributed by atoms with van der Waals surface area (Å²) in [5.74, 6) is -0.135. The molecule has 2 aromatic rings. The van der Waals surface area contributed by atoms with E-state index in [0.717, 1.165) is 0 Å². The first-order valence-corrected chi connectivity index (χ1v) is 6.66. The third-order valence-electron chi connectivity index (χ3n) is 3.51. The molecule has 0 bridgehead atoms. The van der Waals surface area contributed by atoms with Gasteiger partial charge in [-0.1, -0.05) is 12.1 Å². The Morgan fingerprint density at radius 2 is 2.00 bits per heavy atom. The Bertz CT molecular complexity index is 590. The molecule has 0 saturated carbocycles. The Morgan fingerprint density at radius 3 is 2.52 bits per heavy atom. The van der Waals surface area contributed by atoms with Gasteiger partial charge in [0.25, 0.3) is 0 Å². The quantitative estimate of drug-likeness (QED) is 0.890. The Labute approximate surface area is 122 Å². The lowest BCUT2D eigenvalue weighted by Gasteiger charge is -2.26. The zero-order valence-corrected chi connectivity index (χ0v) is 12.0. The van der Waals surface area contributed by atoms with Gasteiger partial charge in [0.05, 0.1) is 18.3 Å². The lowest BCUT2D eigenvalue weighted by molar-refractivity contribution is -0.126. The molecule has 0 aliphatic rings. The number of rotatable bonds is 5. The van der Waals surface area contributed by atoms with E-state index in [1.807, 2.05) is 0 Å². The predicted octanol–water partition coefficient (Wildman–Crippen LogP) is 2.55. The summed E-state index contributed by atoms with van der Waals surface area (Å²) in [6.45, 7) is 3.22. The van der Waals surface area contributed by atoms with Crippen LogP contribution in [-0.2, 0) is 10.2 Å². The third-order valence-corrected chi connectivity index (χ3v) is 3.51. The first kappa shape index (κ1) is 15.3. The number of hydrogen-bond donors (Lipinski definition) is 2. The van der Waals surface area contributed by atoms with Crippen molar-refractivity contribution >= 4 is 5.91 Å². The van der Waals surface area contributed by atoms with Crippen molar-refractivity contribution in [1.29, 1.82) is 0 Å². The predicted molar refractivity (Wildman–Crippen MR) is 76.1 cm³/mol. The normalized spacial score (nSPS) is 13.0. The van der Waals surface area contributed by atoms with E-state index in [4.69, 9.17) is 4.42 Å². The monoisotopic (exact) mass is 291 g/mol. The second-order valence-corrected chi connectivity index (χ2v) is 5.36. The number of nitrogens with one attached hydrogen (secondary N) is 1. The molecular weight excluding hydrogens is 273 g/mol. The molecule has 1 unspecified atom stereocenters. The van der Waals surface area contributed by atoms with E-state index in [1.165, 1.54) is 18.4 Å². The Kier molecular flexibility index (Phi) is 4.43. The molecule has 0 saturated heterocycles. The lowest BCUT2D eigenvalue weighted by Crippen LogP contribution is -2.42. The fraction of sp³-hybridized carbons (Fsp3) is 0.312. The number of halogens is 1. The second kappa shape index (κ2) is 6.10. The minimum absolute atomic E-state index is 0.265. The molecule has 0 aliphatic carbocycles. The zero-order valence-electron chi connectivity index (χ0n) is 12.0. The highest BCUT2D eigenvalue weighted by molar-refractivity contribution is 5.87. The van der Waals surface area contributed by atoms with E-state index >= 15 is 0 Å². The number of furan rings is 1. The molecular formula is C16H18FNO3. The smallest absolute Gasteiger partial charge is 0.230 e. The highest BCUT2D eigenvalue weighted by Gasteiger charge is 2.32. The van der Waals surface area contributed by atoms with E-state index in [1.54, 1.807) is 38.1 Å². The van der Waals surface area contributed by atoms with Gasteiger partial charge in [-0.3, -0.25) is 4.79 Å². The number of aliphatic hydroxyl groups is 1. The van der Waals surface area contributed by atoms with Crippen molar-refractivity contribution in [2.75, 3.05) is 6.61 Å². The largest absolute Gasteiger partial charge is 0.467 e. The topological polar surface area (TPSA) is 62.5 Å². The van der Waals surface area contributed by atoms with Gasteiger partial charge in [-0.05, 0) is 43.7 Å². The summed E-state index contributed by atoms with van der Waals surface area (Å²) in [6, 6.07) is 8.57. The summed E-state index contributed by atoms with van der Waals surface area (Å²) in [5, 5.41) is 12.1. The Balaban J connectivity index is 2.16. The highest BCUT2D eigenvalue weighted by Crippen LogP contribution is 2.25. The molecule has 1 aromatic carbocycles. The van der Waals surface area contributed by atoms with E-state index in [0.29, 0.717) is 11.3 Å². The van der Waals surface area contributed by atoms with Crippen LogP contribution in [0.2, 0.25) is 0 Å². The van der Waals surface area contributed by atoms with Crippen molar-refractivity contribution in [2.24, 2.45) is 0 Å². The van der Waals surface area contributed by atoms with Crippen LogP contribution in [0, 0.1) is 5.82 Å². The first-order valence-electron chi connectivity index (χ1n) is 6.66. The summed E-state index contributed by atoms with van der Waals surface area (Å²) in [4.78, 5) is 12.5. The molecule has 0 fully saturated rings. The van der Waals surface area contributed by atoms with Crippen LogP contribution in [0.1, 0.15) is 31.2 Å². The fourth-order valence-electron chi connectivity index (χ4n) is 2.03. The maximum Gasteiger partial charge on any atom is 0.230 e. The average Bonchev–Trinajstić information content (AvgIpc) is 2.98. The number of amides is 1. The molecule has 1 aromatic heterocycles. The molecule has 4 nitrogen and oxygen atoms in total. The Hall–Kier alpha value is -2.14. The lowest BCUT2D eigenvalue weighted by atomic mass is 9.83. The SMILES string of the molecule is CC(C)(C(=O)NC(CO)c1ccco1)c1ccc(F)cc1. The van der Waals surface area contributed by atoms with Gasteiger partial charge in [-0.15, -0.1) is 0 Å². The van der Waals surface area contributed by atoms with Crippen LogP contribution >= 0.6 is 0 Å². The Morgan fingerprint density at radius 1 is 1.33 bits per heavy atom. The van der Waals surface area contributed by atoms with Crippen molar-refractivity contribution in [3.8, 4) is 0 Å². The van der Waals surface area contributed by atoms with Crippen molar-refractivity contribution in [3.05, 3.63) is 59.8 Å². The molecule has 112 valence electrons. The maximum absolute atomic E-state index is 13.0. The van der Waals surface area contributed by atoms with Gasteiger partial charge >= 0.3 is 0 Å². The van der Waals surface area contributed by atoms with Gasteiger partial charge < -0.3 is 14.8 Å². The summed E-state index contributed by atoms with van der Waals surface area (Å²) in [6.07, 6.45) is 1.48. The number of hydrogen-bond acceptors (Lipinski definition) is 3. The van der Waals surface area contributed by atoms with Gasteiger partial charge in [0, 0.05) is 0 Å². The maximum atomic E-state index is 13.0. The minimum Gasteiger partial charge on any atom is -0.467 e. The molecule has 5 heteroatoms. The van der Waals surface area contributed by atoms with E-state index in [2.05, 4.69) is 5.32 Å². The molecule has 0 radical (unpaired) electrons. The summed E-state index contributed by atoms with van der Waals surface area (Å²) in [5.41, 5.74) is -0.161. The van der Waals surface area contributed by atoms with Gasteiger partial charge in [-0.2, -0.15) is 0 Å². The number of carbonyl (C=O) groups is 1. The summed E-state index contributed by atoms with van der Waals surface area (Å²) >= 11 is 0. The van der Waals surface area contributed by atoms with Crippen LogP contribution in [-0.4, -0.2) is 17.6 Å². The number of carbonyl (C=O) groups excluding carboxylic acids is 1. The van der Waals surface area contributed by atoms with Crippen molar-refractivity contribution in [2.45, 2.75) is 25.3 Å². The first-order chi connectivity index (χ1) is 9.95. The van der Waals surface area contributed by atoms with E-state index < -0.39 is 11.5 Å². The van der Waals surface area contributed by atoms with Crippen molar-refractivity contribution < 1.29 is 18.7 Å². The van der Waals surface area contributed by atoms with Gasteiger partial charge in [0.15, 0.2) is 0 Å². The average molecular weight is 291 g/mol. The van der Waals surface area contributed by atoms with Crippen LogP contribution in [0.15, 0.2) is 47.1 Å². The highest BCUT2D eigenvalue weighted by atomic mass is 19.1. The van der Waals surface area contributed by atoms with E-state index in [9.17, 15) is 14.3 Å². The number of aliphatic hydroxyl groups excluding tert-OH is 1. The zero-order chi connectivity index (χ0) is 15.5. The molecule has 21 heavy (non-hydrogen) atoms. The second-order valence-electron chi connectivity index (χ2n) is 5.36. The minimum atomic E-state index is -0.853. The van der Waals surface area contributed by atoms with Crippen LogP contribution in [0.3, 0.4) is 0 Å². The molecule has 1 heterocycles. The van der Waals surface area contributed by atoms with Crippen molar-refractivity contribution in [1.82, 2.24) is 5.32 Å². The molecule has 1 atom stereocenters. The summed E-state index contributed by atoms with van der Waals surface area (Å²) < 4.78 is 18.2. The van der Waals surface area contributed by atoms with Crippen LogP contribution < -0.4 is 5.32 Å². The third kappa shape index (κ3) is 3.31.